The van der Waals surface area contributed by atoms with Crippen LogP contribution in [0, 0.1) is 0 Å². The van der Waals surface area contributed by atoms with Gasteiger partial charge in [-0.1, -0.05) is 56.3 Å². The van der Waals surface area contributed by atoms with E-state index < -0.39 is 0 Å². The van der Waals surface area contributed by atoms with Crippen molar-refractivity contribution >= 4 is 10.9 Å². The average Bonchev–Trinajstić information content (AvgIpc) is 2.59. The SMILES string of the molecule is CC(C)c1ccc(-c2c3c(nc4ccccc24)CCNC3)cc1. The average molecular weight is 302 g/mol. The minimum Gasteiger partial charge on any atom is -0.312 e. The molecule has 3 aromatic rings. The van der Waals surface area contributed by atoms with Gasteiger partial charge in [-0.2, -0.15) is 0 Å². The van der Waals surface area contributed by atoms with Gasteiger partial charge in [-0.05, 0) is 34.2 Å². The van der Waals surface area contributed by atoms with Crippen LogP contribution in [0.2, 0.25) is 0 Å². The van der Waals surface area contributed by atoms with Crippen LogP contribution in [0.3, 0.4) is 0 Å². The number of nitrogens with zero attached hydrogens (tertiary/aromatic N) is 1. The summed E-state index contributed by atoms with van der Waals surface area (Å²) in [6, 6.07) is 17.6. The van der Waals surface area contributed by atoms with Gasteiger partial charge in [-0.15, -0.1) is 0 Å². The van der Waals surface area contributed by atoms with Crippen LogP contribution in [-0.2, 0) is 13.0 Å². The van der Waals surface area contributed by atoms with E-state index in [1.807, 2.05) is 0 Å². The first-order chi connectivity index (χ1) is 11.2. The lowest BCUT2D eigenvalue weighted by Gasteiger charge is -2.22. The first kappa shape index (κ1) is 14.4. The Labute approximate surface area is 137 Å². The number of para-hydroxylation sites is 1. The Hall–Kier alpha value is -2.19. The van der Waals surface area contributed by atoms with Gasteiger partial charge in [0.15, 0.2) is 0 Å². The minimum atomic E-state index is 0.564. The van der Waals surface area contributed by atoms with Crippen molar-refractivity contribution in [1.29, 1.82) is 0 Å². The second-order valence-electron chi connectivity index (χ2n) is 6.63. The summed E-state index contributed by atoms with van der Waals surface area (Å²) in [6.45, 7) is 6.41. The maximum atomic E-state index is 4.91. The molecule has 0 saturated heterocycles. The number of rotatable bonds is 2. The van der Waals surface area contributed by atoms with Gasteiger partial charge in [0.05, 0.1) is 5.52 Å². The zero-order chi connectivity index (χ0) is 15.8. The van der Waals surface area contributed by atoms with Crippen LogP contribution >= 0.6 is 0 Å². The van der Waals surface area contributed by atoms with Crippen LogP contribution in [-0.4, -0.2) is 11.5 Å². The van der Waals surface area contributed by atoms with Crippen LogP contribution in [0.1, 0.15) is 36.6 Å². The molecular weight excluding hydrogens is 280 g/mol. The van der Waals surface area contributed by atoms with Gasteiger partial charge in [0.1, 0.15) is 0 Å². The van der Waals surface area contributed by atoms with Gasteiger partial charge in [0.25, 0.3) is 0 Å². The third-order valence-corrected chi connectivity index (χ3v) is 4.79. The summed E-state index contributed by atoms with van der Waals surface area (Å²) in [5, 5.41) is 4.76. The number of pyridine rings is 1. The van der Waals surface area contributed by atoms with E-state index in [0.717, 1.165) is 25.0 Å². The number of hydrogen-bond acceptors (Lipinski definition) is 2. The topological polar surface area (TPSA) is 24.9 Å². The van der Waals surface area contributed by atoms with Crippen molar-refractivity contribution < 1.29 is 0 Å². The molecule has 2 aromatic carbocycles. The molecular formula is C21H22N2. The third-order valence-electron chi connectivity index (χ3n) is 4.79. The van der Waals surface area contributed by atoms with E-state index in [0.29, 0.717) is 5.92 Å². The normalized spacial score (nSPS) is 14.2. The first-order valence-electron chi connectivity index (χ1n) is 8.45. The number of nitrogens with one attached hydrogen (secondary N) is 1. The smallest absolute Gasteiger partial charge is 0.0711 e. The monoisotopic (exact) mass is 302 g/mol. The molecule has 0 amide bonds. The van der Waals surface area contributed by atoms with Gasteiger partial charge in [0.2, 0.25) is 0 Å². The minimum absolute atomic E-state index is 0.564. The summed E-state index contributed by atoms with van der Waals surface area (Å²) in [7, 11) is 0. The molecule has 0 radical (unpaired) electrons. The highest BCUT2D eigenvalue weighted by atomic mass is 14.9. The molecule has 2 nitrogen and oxygen atoms in total. The van der Waals surface area contributed by atoms with Crippen LogP contribution in [0.15, 0.2) is 48.5 Å². The van der Waals surface area contributed by atoms with E-state index in [1.165, 1.54) is 33.3 Å². The molecule has 0 saturated carbocycles. The summed E-state index contributed by atoms with van der Waals surface area (Å²) < 4.78 is 0. The zero-order valence-electron chi connectivity index (χ0n) is 13.8. The van der Waals surface area contributed by atoms with Crippen molar-refractivity contribution in [2.24, 2.45) is 0 Å². The Balaban J connectivity index is 1.97. The highest BCUT2D eigenvalue weighted by molar-refractivity contribution is 5.96. The van der Waals surface area contributed by atoms with Crippen molar-refractivity contribution in [2.45, 2.75) is 32.7 Å². The Morgan fingerprint density at radius 3 is 2.57 bits per heavy atom. The molecule has 2 heteroatoms. The summed E-state index contributed by atoms with van der Waals surface area (Å²) in [6.07, 6.45) is 1.01. The molecule has 0 aliphatic carbocycles. The number of benzene rings is 2. The molecule has 0 fully saturated rings. The summed E-state index contributed by atoms with van der Waals surface area (Å²) >= 11 is 0. The highest BCUT2D eigenvalue weighted by Gasteiger charge is 2.18. The van der Waals surface area contributed by atoms with Crippen LogP contribution < -0.4 is 5.32 Å². The summed E-state index contributed by atoms with van der Waals surface area (Å²) in [4.78, 5) is 4.91. The van der Waals surface area contributed by atoms with Crippen molar-refractivity contribution in [1.82, 2.24) is 10.3 Å². The fraction of sp³-hybridized carbons (Fsp3) is 0.286. The van der Waals surface area contributed by atoms with Crippen molar-refractivity contribution in [3.8, 4) is 11.1 Å². The first-order valence-corrected chi connectivity index (χ1v) is 8.45. The van der Waals surface area contributed by atoms with E-state index in [-0.39, 0.29) is 0 Å². The quantitative estimate of drug-likeness (QED) is 0.744. The highest BCUT2D eigenvalue weighted by Crippen LogP contribution is 2.34. The fourth-order valence-electron chi connectivity index (χ4n) is 3.48. The van der Waals surface area contributed by atoms with Gasteiger partial charge in [-0.3, -0.25) is 4.98 Å². The molecule has 1 N–H and O–H groups in total. The molecule has 4 rings (SSSR count). The zero-order valence-corrected chi connectivity index (χ0v) is 13.8. The molecule has 1 aromatic heterocycles. The van der Waals surface area contributed by atoms with E-state index in [1.54, 1.807) is 0 Å². The predicted octanol–water partition coefficient (Wildman–Crippen LogP) is 4.67. The predicted molar refractivity (Wildman–Crippen MR) is 96.7 cm³/mol. The van der Waals surface area contributed by atoms with Crippen LogP contribution in [0.4, 0.5) is 0 Å². The Morgan fingerprint density at radius 1 is 1.00 bits per heavy atom. The molecule has 23 heavy (non-hydrogen) atoms. The van der Waals surface area contributed by atoms with Crippen molar-refractivity contribution in [3.05, 3.63) is 65.4 Å². The second-order valence-corrected chi connectivity index (χ2v) is 6.63. The number of aromatic nitrogens is 1. The molecule has 2 heterocycles. The number of hydrogen-bond donors (Lipinski definition) is 1. The maximum absolute atomic E-state index is 4.91. The second kappa shape index (κ2) is 5.78. The summed E-state index contributed by atoms with van der Waals surface area (Å²) in [5.41, 5.74) is 7.77. The molecule has 0 spiro atoms. The summed E-state index contributed by atoms with van der Waals surface area (Å²) in [5.74, 6) is 0.564. The molecule has 1 aliphatic heterocycles. The number of fused-ring (bicyclic) bond motifs is 2. The molecule has 116 valence electrons. The largest absolute Gasteiger partial charge is 0.312 e. The van der Waals surface area contributed by atoms with E-state index in [4.69, 9.17) is 4.98 Å². The van der Waals surface area contributed by atoms with E-state index in [2.05, 4.69) is 67.7 Å². The van der Waals surface area contributed by atoms with Crippen molar-refractivity contribution in [2.75, 3.05) is 6.54 Å². The molecule has 0 atom stereocenters. The Kier molecular flexibility index (Phi) is 3.62. The van der Waals surface area contributed by atoms with Crippen LogP contribution in [0.5, 0.6) is 0 Å². The maximum Gasteiger partial charge on any atom is 0.0711 e. The van der Waals surface area contributed by atoms with Gasteiger partial charge in [0, 0.05) is 30.6 Å². The standard InChI is InChI=1S/C21H22N2/c1-14(2)15-7-9-16(10-8-15)21-17-5-3-4-6-19(17)23-20-11-12-22-13-18(20)21/h3-10,14,22H,11-13H2,1-2H3. The Morgan fingerprint density at radius 2 is 1.78 bits per heavy atom. The molecule has 0 unspecified atom stereocenters. The van der Waals surface area contributed by atoms with E-state index >= 15 is 0 Å². The van der Waals surface area contributed by atoms with Gasteiger partial charge < -0.3 is 5.32 Å². The van der Waals surface area contributed by atoms with Crippen molar-refractivity contribution in [3.63, 3.8) is 0 Å². The van der Waals surface area contributed by atoms with Gasteiger partial charge in [-0.25, -0.2) is 0 Å². The van der Waals surface area contributed by atoms with Gasteiger partial charge >= 0.3 is 0 Å². The Bertz CT molecular complexity index is 848. The molecule has 0 bridgehead atoms. The lowest BCUT2D eigenvalue weighted by atomic mass is 9.90. The molecule has 1 aliphatic rings. The lowest BCUT2D eigenvalue weighted by molar-refractivity contribution is 0.634. The van der Waals surface area contributed by atoms with E-state index in [9.17, 15) is 0 Å². The fourth-order valence-corrected chi connectivity index (χ4v) is 3.48. The third kappa shape index (κ3) is 2.53. The lowest BCUT2D eigenvalue weighted by Crippen LogP contribution is -2.25. The van der Waals surface area contributed by atoms with Crippen LogP contribution in [0.25, 0.3) is 22.0 Å².